The minimum Gasteiger partial charge on any atom is -0.371 e. The lowest BCUT2D eigenvalue weighted by Gasteiger charge is -2.35. The van der Waals surface area contributed by atoms with Gasteiger partial charge in [0.05, 0.1) is 5.56 Å². The first kappa shape index (κ1) is 24.5. The Labute approximate surface area is 208 Å². The van der Waals surface area contributed by atoms with Crippen LogP contribution in [-0.4, -0.2) is 42.4 Å². The maximum absolute atomic E-state index is 13.5. The molecule has 0 bridgehead atoms. The van der Waals surface area contributed by atoms with E-state index in [0.717, 1.165) is 49.2 Å². The lowest BCUT2D eigenvalue weighted by atomic mass is 10.0. The van der Waals surface area contributed by atoms with Gasteiger partial charge >= 0.3 is 0 Å². The topological polar surface area (TPSA) is 52.7 Å². The number of carbonyl (C=O) groups is 2. The molecular formula is C30H35N3O2. The van der Waals surface area contributed by atoms with Crippen LogP contribution in [0.5, 0.6) is 0 Å². The minimum atomic E-state index is -0.0128. The van der Waals surface area contributed by atoms with Crippen LogP contribution in [0, 0.1) is 0 Å². The molecule has 0 aliphatic carbocycles. The second kappa shape index (κ2) is 11.7. The molecule has 1 aliphatic heterocycles. The molecule has 0 radical (unpaired) electrons. The standard InChI is InChI=1S/C30H35N3O2/c1-3-23-14-16-25(17-15-23)29(34)31-26-18-20-33(21-19-26)28-13-9-8-12-27(28)30(35)32(4-2)22-24-10-6-5-7-11-24/h5-17,26H,3-4,18-22H2,1-2H3,(H,31,34). The zero-order valence-electron chi connectivity index (χ0n) is 20.7. The number of para-hydroxylation sites is 1. The maximum atomic E-state index is 13.5. The van der Waals surface area contributed by atoms with Crippen LogP contribution in [0.4, 0.5) is 5.69 Å². The predicted octanol–water partition coefficient (Wildman–Crippen LogP) is 5.31. The van der Waals surface area contributed by atoms with Gasteiger partial charge < -0.3 is 15.1 Å². The van der Waals surface area contributed by atoms with Crippen molar-refractivity contribution in [3.8, 4) is 0 Å². The Morgan fingerprint density at radius 2 is 1.51 bits per heavy atom. The average Bonchev–Trinajstić information content (AvgIpc) is 2.92. The van der Waals surface area contributed by atoms with Crippen LogP contribution in [-0.2, 0) is 13.0 Å². The molecule has 5 heteroatoms. The molecule has 35 heavy (non-hydrogen) atoms. The van der Waals surface area contributed by atoms with Gasteiger partial charge in [0.15, 0.2) is 0 Å². The normalized spacial score (nSPS) is 13.9. The van der Waals surface area contributed by atoms with Gasteiger partial charge in [0.25, 0.3) is 11.8 Å². The first-order valence-corrected chi connectivity index (χ1v) is 12.7. The number of aryl methyl sites for hydroxylation is 1. The quantitative estimate of drug-likeness (QED) is 0.486. The number of nitrogens with zero attached hydrogens (tertiary/aromatic N) is 2. The molecule has 0 atom stereocenters. The highest BCUT2D eigenvalue weighted by molar-refractivity contribution is 6.00. The third-order valence-electron chi connectivity index (χ3n) is 6.81. The van der Waals surface area contributed by atoms with Crippen molar-refractivity contribution in [3.05, 3.63) is 101 Å². The Morgan fingerprint density at radius 3 is 2.17 bits per heavy atom. The van der Waals surface area contributed by atoms with Crippen molar-refractivity contribution in [1.29, 1.82) is 0 Å². The van der Waals surface area contributed by atoms with Gasteiger partial charge in [-0.05, 0) is 61.6 Å². The minimum absolute atomic E-state index is 0.0128. The summed E-state index contributed by atoms with van der Waals surface area (Å²) in [6, 6.07) is 26.0. The second-order valence-electron chi connectivity index (χ2n) is 9.11. The average molecular weight is 470 g/mol. The van der Waals surface area contributed by atoms with Crippen LogP contribution >= 0.6 is 0 Å². The van der Waals surface area contributed by atoms with Gasteiger partial charge in [0.1, 0.15) is 0 Å². The molecule has 2 amide bonds. The zero-order valence-corrected chi connectivity index (χ0v) is 20.7. The molecule has 0 aromatic heterocycles. The van der Waals surface area contributed by atoms with Crippen molar-refractivity contribution < 1.29 is 9.59 Å². The molecule has 1 fully saturated rings. The van der Waals surface area contributed by atoms with E-state index in [1.165, 1.54) is 5.56 Å². The van der Waals surface area contributed by atoms with E-state index < -0.39 is 0 Å². The highest BCUT2D eigenvalue weighted by Gasteiger charge is 2.25. The Morgan fingerprint density at radius 1 is 0.857 bits per heavy atom. The number of hydrogen-bond acceptors (Lipinski definition) is 3. The van der Waals surface area contributed by atoms with Crippen molar-refractivity contribution in [2.24, 2.45) is 0 Å². The van der Waals surface area contributed by atoms with Crippen LogP contribution in [0.2, 0.25) is 0 Å². The fraction of sp³-hybridized carbons (Fsp3) is 0.333. The van der Waals surface area contributed by atoms with Gasteiger partial charge in [-0.3, -0.25) is 9.59 Å². The molecule has 0 unspecified atom stereocenters. The van der Waals surface area contributed by atoms with Gasteiger partial charge in [-0.1, -0.05) is 61.5 Å². The number of benzene rings is 3. The van der Waals surface area contributed by atoms with E-state index >= 15 is 0 Å². The number of rotatable bonds is 8. The molecule has 3 aromatic rings. The number of hydrogen-bond donors (Lipinski definition) is 1. The molecule has 0 saturated carbocycles. The van der Waals surface area contributed by atoms with Crippen molar-refractivity contribution in [3.63, 3.8) is 0 Å². The summed E-state index contributed by atoms with van der Waals surface area (Å²) in [5.74, 6) is 0.0408. The summed E-state index contributed by atoms with van der Waals surface area (Å²) in [7, 11) is 0. The second-order valence-corrected chi connectivity index (χ2v) is 9.11. The lowest BCUT2D eigenvalue weighted by Crippen LogP contribution is -2.45. The Hall–Kier alpha value is -3.60. The van der Waals surface area contributed by atoms with Crippen molar-refractivity contribution in [2.75, 3.05) is 24.5 Å². The fourth-order valence-electron chi connectivity index (χ4n) is 4.66. The SMILES string of the molecule is CCc1ccc(C(=O)NC2CCN(c3ccccc3C(=O)N(CC)Cc3ccccc3)CC2)cc1. The third kappa shape index (κ3) is 6.10. The van der Waals surface area contributed by atoms with E-state index in [0.29, 0.717) is 18.7 Å². The molecule has 1 aliphatic rings. The summed E-state index contributed by atoms with van der Waals surface area (Å²) in [5, 5.41) is 3.20. The highest BCUT2D eigenvalue weighted by Crippen LogP contribution is 2.26. The number of amides is 2. The van der Waals surface area contributed by atoms with E-state index in [2.05, 4.69) is 29.3 Å². The van der Waals surface area contributed by atoms with Crippen LogP contribution in [0.3, 0.4) is 0 Å². The van der Waals surface area contributed by atoms with Crippen molar-refractivity contribution in [2.45, 2.75) is 45.7 Å². The maximum Gasteiger partial charge on any atom is 0.256 e. The molecule has 182 valence electrons. The molecule has 3 aromatic carbocycles. The summed E-state index contributed by atoms with van der Waals surface area (Å²) in [6.07, 6.45) is 2.66. The Kier molecular flexibility index (Phi) is 8.19. The van der Waals surface area contributed by atoms with Gasteiger partial charge in [-0.2, -0.15) is 0 Å². The van der Waals surface area contributed by atoms with Crippen molar-refractivity contribution in [1.82, 2.24) is 10.2 Å². The molecule has 1 heterocycles. The lowest BCUT2D eigenvalue weighted by molar-refractivity contribution is 0.0753. The van der Waals surface area contributed by atoms with Gasteiger partial charge in [0.2, 0.25) is 0 Å². The summed E-state index contributed by atoms with van der Waals surface area (Å²) < 4.78 is 0. The number of nitrogens with one attached hydrogen (secondary N) is 1. The van der Waals surface area contributed by atoms with E-state index in [1.807, 2.05) is 78.6 Å². The molecule has 1 N–H and O–H groups in total. The predicted molar refractivity (Wildman–Crippen MR) is 142 cm³/mol. The number of carbonyl (C=O) groups excluding carboxylic acids is 2. The highest BCUT2D eigenvalue weighted by atomic mass is 16.2. The summed E-state index contributed by atoms with van der Waals surface area (Å²) >= 11 is 0. The third-order valence-corrected chi connectivity index (χ3v) is 6.81. The smallest absolute Gasteiger partial charge is 0.256 e. The van der Waals surface area contributed by atoms with Gasteiger partial charge in [0, 0.05) is 43.5 Å². The van der Waals surface area contributed by atoms with Crippen molar-refractivity contribution >= 4 is 17.5 Å². The van der Waals surface area contributed by atoms with Gasteiger partial charge in [-0.25, -0.2) is 0 Å². The Balaban J connectivity index is 1.39. The van der Waals surface area contributed by atoms with Gasteiger partial charge in [-0.15, -0.1) is 0 Å². The molecule has 4 rings (SSSR count). The van der Waals surface area contributed by atoms with Crippen LogP contribution < -0.4 is 10.2 Å². The van der Waals surface area contributed by atoms with E-state index in [9.17, 15) is 9.59 Å². The van der Waals surface area contributed by atoms with Crippen LogP contribution in [0.15, 0.2) is 78.9 Å². The first-order valence-electron chi connectivity index (χ1n) is 12.7. The Bertz CT molecular complexity index is 1120. The monoisotopic (exact) mass is 469 g/mol. The molecular weight excluding hydrogens is 434 g/mol. The molecule has 1 saturated heterocycles. The van der Waals surface area contributed by atoms with E-state index in [1.54, 1.807) is 0 Å². The summed E-state index contributed by atoms with van der Waals surface area (Å²) in [4.78, 5) is 30.4. The fourth-order valence-corrected chi connectivity index (χ4v) is 4.66. The van der Waals surface area contributed by atoms with E-state index in [4.69, 9.17) is 0 Å². The largest absolute Gasteiger partial charge is 0.371 e. The number of anilines is 1. The van der Waals surface area contributed by atoms with Crippen LogP contribution in [0.25, 0.3) is 0 Å². The molecule has 5 nitrogen and oxygen atoms in total. The summed E-state index contributed by atoms with van der Waals surface area (Å²) in [6.45, 7) is 6.97. The number of piperidine rings is 1. The first-order chi connectivity index (χ1) is 17.1. The van der Waals surface area contributed by atoms with Crippen LogP contribution in [0.1, 0.15) is 58.5 Å². The summed E-state index contributed by atoms with van der Waals surface area (Å²) in [5.41, 5.74) is 4.78. The zero-order chi connectivity index (χ0) is 24.6. The van der Waals surface area contributed by atoms with E-state index in [-0.39, 0.29) is 17.9 Å². The molecule has 0 spiro atoms.